The fraction of sp³-hybridized carbons (Fsp3) is 0.316. The minimum absolute atomic E-state index is 0.00917. The quantitative estimate of drug-likeness (QED) is 0.711. The second kappa shape index (κ2) is 6.86. The molecular formula is C19H18F4N2O4S. The van der Waals surface area contributed by atoms with Gasteiger partial charge < -0.3 is 4.74 Å². The van der Waals surface area contributed by atoms with Crippen molar-refractivity contribution in [2.75, 3.05) is 15.9 Å². The largest absolute Gasteiger partial charge is 0.476 e. The number of ether oxygens (including phenoxy) is 1. The molecule has 162 valence electrons. The number of nitrogens with one attached hydrogen (secondary N) is 1. The number of aryl methyl sites for hydroxylation is 1. The standard InChI is InChI=1S/C19H18F4N2O4S/c1-10-7-11(20)8-13(19(21,22)23)16(10)25-14-6-5-12(24-30(4,27)28)9-15(14)29-18(2,3)17(25)26/h5-9,24H,1-4H3. The zero-order chi connectivity index (χ0) is 22.6. The van der Waals surface area contributed by atoms with E-state index in [1.165, 1.54) is 39.0 Å². The van der Waals surface area contributed by atoms with Crippen molar-refractivity contribution >= 4 is 33.0 Å². The van der Waals surface area contributed by atoms with Crippen LogP contribution in [0.15, 0.2) is 30.3 Å². The van der Waals surface area contributed by atoms with Gasteiger partial charge in [-0.1, -0.05) is 0 Å². The fourth-order valence-electron chi connectivity index (χ4n) is 3.23. The number of anilines is 3. The summed E-state index contributed by atoms with van der Waals surface area (Å²) < 4.78 is 85.7. The summed E-state index contributed by atoms with van der Waals surface area (Å²) >= 11 is 0. The summed E-state index contributed by atoms with van der Waals surface area (Å²) in [6.45, 7) is 4.00. The molecule has 1 heterocycles. The van der Waals surface area contributed by atoms with Crippen molar-refractivity contribution < 1.29 is 35.5 Å². The van der Waals surface area contributed by atoms with Crippen LogP contribution >= 0.6 is 0 Å². The third kappa shape index (κ3) is 4.07. The van der Waals surface area contributed by atoms with Gasteiger partial charge in [0.1, 0.15) is 11.6 Å². The third-order valence-corrected chi connectivity index (χ3v) is 4.99. The number of sulfonamides is 1. The molecular weight excluding hydrogens is 428 g/mol. The first kappa shape index (κ1) is 21.9. The summed E-state index contributed by atoms with van der Waals surface area (Å²) in [5.41, 5.74) is -3.42. The Balaban J connectivity index is 2.28. The van der Waals surface area contributed by atoms with Gasteiger partial charge in [-0.05, 0) is 50.6 Å². The molecule has 2 aromatic carbocycles. The molecule has 6 nitrogen and oxygen atoms in total. The molecule has 1 N–H and O–H groups in total. The van der Waals surface area contributed by atoms with Gasteiger partial charge in [-0.3, -0.25) is 14.4 Å². The van der Waals surface area contributed by atoms with Crippen LogP contribution in [-0.2, 0) is 21.0 Å². The smallest absolute Gasteiger partial charge is 0.418 e. The van der Waals surface area contributed by atoms with Crippen LogP contribution in [0.1, 0.15) is 25.0 Å². The molecule has 0 saturated carbocycles. The van der Waals surface area contributed by atoms with Crippen molar-refractivity contribution in [3.63, 3.8) is 0 Å². The Kier molecular flexibility index (Phi) is 5.00. The average Bonchev–Trinajstić information content (AvgIpc) is 2.54. The Morgan fingerprint density at radius 1 is 1.13 bits per heavy atom. The number of fused-ring (bicyclic) bond motifs is 1. The van der Waals surface area contributed by atoms with E-state index < -0.39 is 44.8 Å². The minimum atomic E-state index is -4.93. The predicted octanol–water partition coefficient (Wildman–Crippen LogP) is 4.36. The maximum Gasteiger partial charge on any atom is 0.418 e. The van der Waals surface area contributed by atoms with E-state index in [9.17, 15) is 30.8 Å². The van der Waals surface area contributed by atoms with Crippen LogP contribution in [0.3, 0.4) is 0 Å². The first-order valence-electron chi connectivity index (χ1n) is 8.63. The zero-order valence-corrected chi connectivity index (χ0v) is 17.2. The van der Waals surface area contributed by atoms with E-state index in [1.807, 2.05) is 0 Å². The van der Waals surface area contributed by atoms with E-state index in [-0.39, 0.29) is 22.7 Å². The summed E-state index contributed by atoms with van der Waals surface area (Å²) in [5, 5.41) is 0. The van der Waals surface area contributed by atoms with E-state index in [2.05, 4.69) is 4.72 Å². The molecule has 1 amide bonds. The van der Waals surface area contributed by atoms with Gasteiger partial charge in [-0.2, -0.15) is 13.2 Å². The Hall–Kier alpha value is -2.82. The lowest BCUT2D eigenvalue weighted by atomic mass is 9.98. The predicted molar refractivity (Wildman–Crippen MR) is 103 cm³/mol. The van der Waals surface area contributed by atoms with Gasteiger partial charge in [-0.25, -0.2) is 12.8 Å². The minimum Gasteiger partial charge on any atom is -0.476 e. The number of halogens is 4. The van der Waals surface area contributed by atoms with Gasteiger partial charge in [-0.15, -0.1) is 0 Å². The summed E-state index contributed by atoms with van der Waals surface area (Å²) in [6, 6.07) is 5.05. The molecule has 0 radical (unpaired) electrons. The van der Waals surface area contributed by atoms with E-state index in [0.717, 1.165) is 17.2 Å². The van der Waals surface area contributed by atoms with Crippen molar-refractivity contribution in [3.05, 3.63) is 47.3 Å². The summed E-state index contributed by atoms with van der Waals surface area (Å²) in [6.07, 6.45) is -3.99. The molecule has 0 saturated heterocycles. The first-order valence-corrected chi connectivity index (χ1v) is 10.5. The first-order chi connectivity index (χ1) is 13.6. The van der Waals surface area contributed by atoms with Crippen LogP contribution in [0.25, 0.3) is 0 Å². The number of carbonyl (C=O) groups excluding carboxylic acids is 1. The number of amides is 1. The number of alkyl halides is 3. The van der Waals surface area contributed by atoms with Crippen molar-refractivity contribution in [1.29, 1.82) is 0 Å². The van der Waals surface area contributed by atoms with E-state index in [4.69, 9.17) is 4.74 Å². The summed E-state index contributed by atoms with van der Waals surface area (Å²) in [7, 11) is -3.62. The Bertz CT molecular complexity index is 1140. The number of rotatable bonds is 3. The Morgan fingerprint density at radius 3 is 2.33 bits per heavy atom. The fourth-order valence-corrected chi connectivity index (χ4v) is 3.78. The van der Waals surface area contributed by atoms with Crippen molar-refractivity contribution in [2.24, 2.45) is 0 Å². The van der Waals surface area contributed by atoms with Gasteiger partial charge >= 0.3 is 6.18 Å². The van der Waals surface area contributed by atoms with Gasteiger partial charge in [0.2, 0.25) is 10.0 Å². The van der Waals surface area contributed by atoms with E-state index in [0.29, 0.717) is 6.07 Å². The highest BCUT2D eigenvalue weighted by Crippen LogP contribution is 2.48. The highest BCUT2D eigenvalue weighted by Gasteiger charge is 2.46. The zero-order valence-electron chi connectivity index (χ0n) is 16.4. The second-order valence-corrected chi connectivity index (χ2v) is 9.17. The van der Waals surface area contributed by atoms with Crippen LogP contribution < -0.4 is 14.4 Å². The average molecular weight is 446 g/mol. The molecule has 11 heteroatoms. The lowest BCUT2D eigenvalue weighted by Crippen LogP contribution is -2.51. The molecule has 0 fully saturated rings. The van der Waals surface area contributed by atoms with Crippen LogP contribution in [0.4, 0.5) is 34.6 Å². The summed E-state index contributed by atoms with van der Waals surface area (Å²) in [5.74, 6) is -1.89. The molecule has 0 aromatic heterocycles. The molecule has 0 unspecified atom stereocenters. The number of hydrogen-bond acceptors (Lipinski definition) is 4. The molecule has 1 aliphatic heterocycles. The molecule has 2 aromatic rings. The van der Waals surface area contributed by atoms with Gasteiger partial charge in [0.15, 0.2) is 5.60 Å². The maximum absolute atomic E-state index is 13.8. The molecule has 0 spiro atoms. The summed E-state index contributed by atoms with van der Waals surface area (Å²) in [4.78, 5) is 13.9. The monoisotopic (exact) mass is 446 g/mol. The van der Waals surface area contributed by atoms with Crippen LogP contribution in [0.2, 0.25) is 0 Å². The SMILES string of the molecule is Cc1cc(F)cc(C(F)(F)F)c1N1C(=O)C(C)(C)Oc2cc(NS(C)(=O)=O)ccc21. The lowest BCUT2D eigenvalue weighted by Gasteiger charge is -2.40. The maximum atomic E-state index is 13.8. The van der Waals surface area contributed by atoms with Crippen LogP contribution in [-0.4, -0.2) is 26.2 Å². The molecule has 3 rings (SSSR count). The van der Waals surface area contributed by atoms with Gasteiger partial charge in [0.25, 0.3) is 5.91 Å². The van der Waals surface area contributed by atoms with Crippen LogP contribution in [0.5, 0.6) is 5.75 Å². The lowest BCUT2D eigenvalue weighted by molar-refractivity contribution is -0.137. The topological polar surface area (TPSA) is 75.7 Å². The highest BCUT2D eigenvalue weighted by atomic mass is 32.2. The Morgan fingerprint density at radius 2 is 1.77 bits per heavy atom. The number of carbonyl (C=O) groups is 1. The molecule has 30 heavy (non-hydrogen) atoms. The second-order valence-electron chi connectivity index (χ2n) is 7.43. The van der Waals surface area contributed by atoms with E-state index >= 15 is 0 Å². The normalized spacial score (nSPS) is 16.1. The van der Waals surface area contributed by atoms with Crippen molar-refractivity contribution in [3.8, 4) is 5.75 Å². The van der Waals surface area contributed by atoms with Gasteiger partial charge in [0.05, 0.1) is 28.9 Å². The number of hydrogen-bond donors (Lipinski definition) is 1. The van der Waals surface area contributed by atoms with Crippen molar-refractivity contribution in [2.45, 2.75) is 32.5 Å². The molecule has 0 aliphatic carbocycles. The molecule has 0 bridgehead atoms. The van der Waals surface area contributed by atoms with Crippen molar-refractivity contribution in [1.82, 2.24) is 0 Å². The third-order valence-electron chi connectivity index (χ3n) is 4.38. The molecule has 0 atom stereocenters. The number of nitrogens with zero attached hydrogens (tertiary/aromatic N) is 1. The number of benzene rings is 2. The molecule has 1 aliphatic rings. The van der Waals surface area contributed by atoms with E-state index in [1.54, 1.807) is 0 Å². The van der Waals surface area contributed by atoms with Gasteiger partial charge in [0, 0.05) is 6.07 Å². The highest BCUT2D eigenvalue weighted by molar-refractivity contribution is 7.92. The van der Waals surface area contributed by atoms with Crippen LogP contribution in [0, 0.1) is 12.7 Å². The Labute approximate surface area is 170 Å².